The molecule has 0 aromatic heterocycles. The van der Waals surface area contributed by atoms with Crippen LogP contribution in [0.5, 0.6) is 5.75 Å². The van der Waals surface area contributed by atoms with E-state index in [0.717, 1.165) is 38.2 Å². The van der Waals surface area contributed by atoms with Gasteiger partial charge in [0, 0.05) is 24.2 Å². The van der Waals surface area contributed by atoms with Gasteiger partial charge in [0.1, 0.15) is 11.6 Å². The van der Waals surface area contributed by atoms with Crippen molar-refractivity contribution in [1.29, 1.82) is 0 Å². The first-order valence-corrected chi connectivity index (χ1v) is 8.05. The van der Waals surface area contributed by atoms with E-state index in [2.05, 4.69) is 24.1 Å². The van der Waals surface area contributed by atoms with E-state index < -0.39 is 0 Å². The zero-order valence-corrected chi connectivity index (χ0v) is 13.1. The van der Waals surface area contributed by atoms with Gasteiger partial charge in [-0.1, -0.05) is 13.0 Å². The van der Waals surface area contributed by atoms with Crippen molar-refractivity contribution in [2.75, 3.05) is 26.2 Å². The fourth-order valence-electron chi connectivity index (χ4n) is 3.21. The first kappa shape index (κ1) is 16.2. The topological polar surface area (TPSA) is 35.5 Å². The van der Waals surface area contributed by atoms with Gasteiger partial charge in [0.05, 0.1) is 0 Å². The van der Waals surface area contributed by atoms with Crippen LogP contribution < -0.4 is 5.32 Å². The van der Waals surface area contributed by atoms with Crippen LogP contribution in [0.1, 0.15) is 44.7 Å². The van der Waals surface area contributed by atoms with Crippen molar-refractivity contribution in [2.24, 2.45) is 5.92 Å². The average molecular weight is 294 g/mol. The van der Waals surface area contributed by atoms with Crippen LogP contribution in [-0.2, 0) is 0 Å². The largest absolute Gasteiger partial charge is 0.508 e. The lowest BCUT2D eigenvalue weighted by molar-refractivity contribution is 0.161. The maximum absolute atomic E-state index is 13.2. The van der Waals surface area contributed by atoms with Crippen molar-refractivity contribution in [3.63, 3.8) is 0 Å². The van der Waals surface area contributed by atoms with Crippen LogP contribution in [0, 0.1) is 11.7 Å². The first-order chi connectivity index (χ1) is 10.1. The van der Waals surface area contributed by atoms with Gasteiger partial charge >= 0.3 is 0 Å². The summed E-state index contributed by atoms with van der Waals surface area (Å²) in [5.41, 5.74) is 0.814. The van der Waals surface area contributed by atoms with E-state index in [4.69, 9.17) is 0 Å². The van der Waals surface area contributed by atoms with Gasteiger partial charge in [0.15, 0.2) is 0 Å². The van der Waals surface area contributed by atoms with Gasteiger partial charge in [-0.2, -0.15) is 0 Å². The second kappa shape index (κ2) is 7.76. The number of benzene rings is 1. The number of phenols is 1. The second-order valence-electron chi connectivity index (χ2n) is 6.09. The quantitative estimate of drug-likeness (QED) is 0.845. The van der Waals surface area contributed by atoms with Crippen molar-refractivity contribution < 1.29 is 9.50 Å². The Morgan fingerprint density at radius 2 is 2.29 bits per heavy atom. The summed E-state index contributed by atoms with van der Waals surface area (Å²) in [5, 5.41) is 13.5. The van der Waals surface area contributed by atoms with Gasteiger partial charge < -0.3 is 10.4 Å². The van der Waals surface area contributed by atoms with Gasteiger partial charge in [-0.15, -0.1) is 0 Å². The van der Waals surface area contributed by atoms with Crippen molar-refractivity contribution in [3.05, 3.63) is 29.6 Å². The Balaban J connectivity index is 2.08. The second-order valence-corrected chi connectivity index (χ2v) is 6.09. The Morgan fingerprint density at radius 1 is 1.48 bits per heavy atom. The number of piperidine rings is 1. The van der Waals surface area contributed by atoms with Gasteiger partial charge in [0.2, 0.25) is 0 Å². The highest BCUT2D eigenvalue weighted by Crippen LogP contribution is 2.30. The number of hydrogen-bond acceptors (Lipinski definition) is 3. The van der Waals surface area contributed by atoms with Crippen LogP contribution >= 0.6 is 0 Å². The molecule has 1 saturated heterocycles. The third-order valence-corrected chi connectivity index (χ3v) is 4.39. The van der Waals surface area contributed by atoms with Gasteiger partial charge in [-0.3, -0.25) is 4.90 Å². The molecule has 1 aliphatic heterocycles. The van der Waals surface area contributed by atoms with E-state index in [1.165, 1.54) is 25.0 Å². The van der Waals surface area contributed by atoms with E-state index in [0.29, 0.717) is 5.92 Å². The molecule has 2 rings (SSSR count). The van der Waals surface area contributed by atoms with Crippen LogP contribution in [0.25, 0.3) is 0 Å². The summed E-state index contributed by atoms with van der Waals surface area (Å²) in [7, 11) is 0. The van der Waals surface area contributed by atoms with E-state index >= 15 is 0 Å². The van der Waals surface area contributed by atoms with Crippen LogP contribution in [0.4, 0.5) is 4.39 Å². The Hall–Kier alpha value is -1.13. The maximum atomic E-state index is 13.2. The molecule has 0 bridgehead atoms. The Kier molecular flexibility index (Phi) is 6.00. The molecule has 2 N–H and O–H groups in total. The lowest BCUT2D eigenvalue weighted by atomic mass is 9.97. The number of phenolic OH excluding ortho intramolecular Hbond substituents is 1. The lowest BCUT2D eigenvalue weighted by Gasteiger charge is -2.34. The van der Waals surface area contributed by atoms with Gasteiger partial charge in [-0.05, 0) is 57.8 Å². The molecule has 3 nitrogen and oxygen atoms in total. The minimum absolute atomic E-state index is 0.0605. The van der Waals surface area contributed by atoms with Crippen LogP contribution in [0.15, 0.2) is 18.2 Å². The molecular weight excluding hydrogens is 267 g/mol. The van der Waals surface area contributed by atoms with Crippen LogP contribution in [0.3, 0.4) is 0 Å². The summed E-state index contributed by atoms with van der Waals surface area (Å²) < 4.78 is 13.2. The fraction of sp³-hybridized carbons (Fsp3) is 0.647. The first-order valence-electron chi connectivity index (χ1n) is 8.05. The third-order valence-electron chi connectivity index (χ3n) is 4.39. The number of rotatable bonds is 6. The molecule has 1 heterocycles. The zero-order valence-electron chi connectivity index (χ0n) is 13.1. The molecule has 1 aromatic rings. The summed E-state index contributed by atoms with van der Waals surface area (Å²) in [4.78, 5) is 2.41. The van der Waals surface area contributed by atoms with E-state index in [9.17, 15) is 9.50 Å². The highest BCUT2D eigenvalue weighted by atomic mass is 19.1. The number of hydrogen-bond donors (Lipinski definition) is 2. The van der Waals surface area contributed by atoms with E-state index in [1.807, 2.05) is 0 Å². The molecule has 1 aliphatic rings. The number of aromatic hydroxyl groups is 1. The molecule has 1 aromatic carbocycles. The SMILES string of the molecule is CCCN(CC1CCCNC1)C(C)c1ccc(F)cc1O. The summed E-state index contributed by atoms with van der Waals surface area (Å²) in [6.45, 7) is 8.48. The lowest BCUT2D eigenvalue weighted by Crippen LogP contribution is -2.39. The maximum Gasteiger partial charge on any atom is 0.126 e. The molecule has 0 spiro atoms. The Labute approximate surface area is 127 Å². The van der Waals surface area contributed by atoms with Crippen molar-refractivity contribution in [1.82, 2.24) is 10.2 Å². The molecular formula is C17H27FN2O. The molecule has 0 amide bonds. The smallest absolute Gasteiger partial charge is 0.126 e. The van der Waals surface area contributed by atoms with Crippen molar-refractivity contribution in [2.45, 2.75) is 39.2 Å². The monoisotopic (exact) mass is 294 g/mol. The number of halogens is 1. The van der Waals surface area contributed by atoms with Crippen molar-refractivity contribution >= 4 is 0 Å². The minimum atomic E-state index is -0.387. The molecule has 2 unspecified atom stereocenters. The van der Waals surface area contributed by atoms with Crippen molar-refractivity contribution in [3.8, 4) is 5.75 Å². The summed E-state index contributed by atoms with van der Waals surface area (Å²) >= 11 is 0. The van der Waals surface area contributed by atoms with Gasteiger partial charge in [-0.25, -0.2) is 4.39 Å². The average Bonchev–Trinajstić information content (AvgIpc) is 2.47. The highest BCUT2D eigenvalue weighted by Gasteiger charge is 2.22. The summed E-state index contributed by atoms with van der Waals surface area (Å²) in [6, 6.07) is 4.44. The normalized spacial score (nSPS) is 20.7. The predicted molar refractivity (Wildman–Crippen MR) is 83.9 cm³/mol. The third kappa shape index (κ3) is 4.42. The van der Waals surface area contributed by atoms with E-state index in [1.54, 1.807) is 6.07 Å². The van der Waals surface area contributed by atoms with Crippen LogP contribution in [-0.4, -0.2) is 36.2 Å². The minimum Gasteiger partial charge on any atom is -0.508 e. The number of nitrogens with zero attached hydrogens (tertiary/aromatic N) is 1. The Morgan fingerprint density at radius 3 is 2.90 bits per heavy atom. The highest BCUT2D eigenvalue weighted by molar-refractivity contribution is 5.35. The predicted octanol–water partition coefficient (Wildman–Crippen LogP) is 3.30. The molecule has 0 saturated carbocycles. The molecule has 0 radical (unpaired) electrons. The molecule has 2 atom stereocenters. The zero-order chi connectivity index (χ0) is 15.2. The summed E-state index contributed by atoms with van der Waals surface area (Å²) in [6.07, 6.45) is 3.57. The molecule has 4 heteroatoms. The van der Waals surface area contributed by atoms with Crippen LogP contribution in [0.2, 0.25) is 0 Å². The Bertz CT molecular complexity index is 446. The van der Waals surface area contributed by atoms with Gasteiger partial charge in [0.25, 0.3) is 0 Å². The number of nitrogens with one attached hydrogen (secondary N) is 1. The fourth-order valence-corrected chi connectivity index (χ4v) is 3.21. The molecule has 21 heavy (non-hydrogen) atoms. The molecule has 0 aliphatic carbocycles. The standard InChI is InChI=1S/C17H27FN2O/c1-3-9-20(12-14-5-4-8-19-11-14)13(2)16-7-6-15(18)10-17(16)21/h6-7,10,13-14,19,21H,3-5,8-9,11-12H2,1-2H3. The van der Waals surface area contributed by atoms with E-state index in [-0.39, 0.29) is 17.6 Å². The summed E-state index contributed by atoms with van der Waals surface area (Å²) in [5.74, 6) is 0.336. The molecule has 118 valence electrons. The molecule has 1 fully saturated rings.